The van der Waals surface area contributed by atoms with Gasteiger partial charge in [0.25, 0.3) is 5.69 Å². The van der Waals surface area contributed by atoms with Gasteiger partial charge in [-0.15, -0.1) is 0 Å². The van der Waals surface area contributed by atoms with Crippen molar-refractivity contribution in [2.45, 2.75) is 0 Å². The van der Waals surface area contributed by atoms with Gasteiger partial charge in [-0.3, -0.25) is 14.9 Å². The zero-order chi connectivity index (χ0) is 10.6. The minimum Gasteiger partial charge on any atom is -0.322 e. The fourth-order valence-corrected chi connectivity index (χ4v) is 0.820. The van der Waals surface area contributed by atoms with Gasteiger partial charge < -0.3 is 5.32 Å². The Labute approximate surface area is 80.2 Å². The van der Waals surface area contributed by atoms with E-state index < -0.39 is 10.8 Å². The highest BCUT2D eigenvalue weighted by Crippen LogP contribution is 2.15. The van der Waals surface area contributed by atoms with Crippen molar-refractivity contribution in [1.82, 2.24) is 0 Å². The zero-order valence-electron chi connectivity index (χ0n) is 7.19. The maximum Gasteiger partial charge on any atom is 0.279 e. The first-order valence-corrected chi connectivity index (χ1v) is 3.73. The molecule has 0 fully saturated rings. The van der Waals surface area contributed by atoms with Gasteiger partial charge in [-0.05, 0) is 12.1 Å². The van der Waals surface area contributed by atoms with Crippen LogP contribution in [0.1, 0.15) is 0 Å². The Balaban J connectivity index is 2.88. The third-order valence-electron chi connectivity index (χ3n) is 1.42. The van der Waals surface area contributed by atoms with Crippen LogP contribution in [-0.4, -0.2) is 10.8 Å². The summed E-state index contributed by atoms with van der Waals surface area (Å²) >= 11 is 0. The van der Waals surface area contributed by atoms with Crippen LogP contribution in [0.25, 0.3) is 0 Å². The molecular formula is C9H7N2O3. The van der Waals surface area contributed by atoms with E-state index in [9.17, 15) is 14.9 Å². The van der Waals surface area contributed by atoms with Gasteiger partial charge in [0.1, 0.15) is 0 Å². The summed E-state index contributed by atoms with van der Waals surface area (Å²) in [5.74, 6) is -0.429. The van der Waals surface area contributed by atoms with Crippen LogP contribution in [-0.2, 0) is 4.79 Å². The number of hydrogen-bond acceptors (Lipinski definition) is 3. The fraction of sp³-hybridized carbons (Fsp3) is 0. The lowest BCUT2D eigenvalue weighted by Gasteiger charge is -1.99. The Morgan fingerprint density at radius 1 is 1.64 bits per heavy atom. The van der Waals surface area contributed by atoms with Crippen LogP contribution in [0.2, 0.25) is 0 Å². The number of nitrogens with zero attached hydrogens (tertiary/aromatic N) is 1. The van der Waals surface area contributed by atoms with E-state index in [4.69, 9.17) is 0 Å². The summed E-state index contributed by atoms with van der Waals surface area (Å²) in [5, 5.41) is 12.7. The first-order chi connectivity index (χ1) is 6.63. The van der Waals surface area contributed by atoms with Gasteiger partial charge in [-0.25, -0.2) is 0 Å². The lowest BCUT2D eigenvalue weighted by molar-refractivity contribution is -0.385. The van der Waals surface area contributed by atoms with Crippen LogP contribution >= 0.6 is 0 Å². The molecule has 0 aliphatic heterocycles. The highest BCUT2D eigenvalue weighted by molar-refractivity contribution is 5.98. The number of rotatable bonds is 3. The molecule has 71 valence electrons. The Morgan fingerprint density at radius 2 is 2.36 bits per heavy atom. The summed E-state index contributed by atoms with van der Waals surface area (Å²) < 4.78 is 0. The van der Waals surface area contributed by atoms with Crippen LogP contribution in [0, 0.1) is 16.2 Å². The molecule has 1 aromatic rings. The van der Waals surface area contributed by atoms with Gasteiger partial charge in [-0.2, -0.15) is 0 Å². The van der Waals surface area contributed by atoms with Crippen LogP contribution in [0.15, 0.2) is 30.9 Å². The maximum absolute atomic E-state index is 10.8. The minimum absolute atomic E-state index is 0.188. The third kappa shape index (κ3) is 2.41. The van der Waals surface area contributed by atoms with Gasteiger partial charge in [-0.1, -0.05) is 12.6 Å². The molecule has 1 rings (SSSR count). The van der Waals surface area contributed by atoms with E-state index in [2.05, 4.69) is 18.0 Å². The van der Waals surface area contributed by atoms with Crippen molar-refractivity contribution < 1.29 is 9.72 Å². The molecule has 1 radical (unpaired) electrons. The lowest BCUT2D eigenvalue weighted by Crippen LogP contribution is -2.07. The number of carbonyl (C=O) groups is 1. The molecule has 0 saturated carbocycles. The average Bonchev–Trinajstić information content (AvgIpc) is 2.18. The summed E-state index contributed by atoms with van der Waals surface area (Å²) in [6, 6.07) is 6.70. The lowest BCUT2D eigenvalue weighted by atomic mass is 10.3. The first-order valence-electron chi connectivity index (χ1n) is 3.73. The van der Waals surface area contributed by atoms with Crippen molar-refractivity contribution in [2.24, 2.45) is 0 Å². The van der Waals surface area contributed by atoms with E-state index in [1.54, 1.807) is 0 Å². The Morgan fingerprint density at radius 3 is 2.93 bits per heavy atom. The highest BCUT2D eigenvalue weighted by atomic mass is 16.6. The molecule has 1 aromatic carbocycles. The second kappa shape index (κ2) is 4.18. The Kier molecular flexibility index (Phi) is 2.96. The van der Waals surface area contributed by atoms with Gasteiger partial charge in [0.05, 0.1) is 16.7 Å². The fourth-order valence-electron chi connectivity index (χ4n) is 0.820. The van der Waals surface area contributed by atoms with E-state index in [0.29, 0.717) is 0 Å². The predicted octanol–water partition coefficient (Wildman–Crippen LogP) is 1.52. The molecular weight excluding hydrogens is 184 g/mol. The van der Waals surface area contributed by atoms with Crippen molar-refractivity contribution >= 4 is 17.3 Å². The highest BCUT2D eigenvalue weighted by Gasteiger charge is 2.06. The Hall–Kier alpha value is -2.17. The number of amides is 1. The molecule has 0 aliphatic rings. The van der Waals surface area contributed by atoms with Crippen molar-refractivity contribution in [1.29, 1.82) is 0 Å². The molecule has 0 bridgehead atoms. The molecule has 0 aromatic heterocycles. The summed E-state index contributed by atoms with van der Waals surface area (Å²) in [6.07, 6.45) is 1.08. The number of non-ortho nitro benzene ring substituents is 1. The number of nitrogens with one attached hydrogen (secondary N) is 1. The van der Waals surface area contributed by atoms with Crippen molar-refractivity contribution in [3.8, 4) is 0 Å². The number of carbonyl (C=O) groups excluding carboxylic acids is 1. The number of nitro benzene ring substituents is 1. The van der Waals surface area contributed by atoms with Crippen LogP contribution in [0.5, 0.6) is 0 Å². The summed E-state index contributed by atoms with van der Waals surface area (Å²) in [5.41, 5.74) is 0.0657. The second-order valence-corrected chi connectivity index (χ2v) is 2.40. The van der Waals surface area contributed by atoms with Crippen molar-refractivity contribution in [3.63, 3.8) is 0 Å². The van der Waals surface area contributed by atoms with Crippen molar-refractivity contribution in [3.05, 3.63) is 47.0 Å². The molecule has 0 spiro atoms. The monoisotopic (exact) mass is 191 g/mol. The zero-order valence-corrected chi connectivity index (χ0v) is 7.19. The molecule has 0 aliphatic carbocycles. The van der Waals surface area contributed by atoms with Crippen LogP contribution in [0.3, 0.4) is 0 Å². The molecule has 14 heavy (non-hydrogen) atoms. The number of anilines is 1. The molecule has 5 nitrogen and oxygen atoms in total. The number of nitro groups is 1. The minimum atomic E-state index is -0.580. The van der Waals surface area contributed by atoms with E-state index in [1.807, 2.05) is 0 Å². The Bertz CT molecular complexity index is 387. The largest absolute Gasteiger partial charge is 0.322 e. The van der Waals surface area contributed by atoms with Gasteiger partial charge in [0.2, 0.25) is 5.91 Å². The number of hydrogen-bond donors (Lipinski definition) is 1. The molecule has 1 amide bonds. The maximum atomic E-state index is 10.8. The third-order valence-corrected chi connectivity index (χ3v) is 1.42. The van der Waals surface area contributed by atoms with Crippen LogP contribution in [0.4, 0.5) is 11.4 Å². The predicted molar refractivity (Wildman–Crippen MR) is 50.8 cm³/mol. The smallest absolute Gasteiger partial charge is 0.279 e. The molecule has 0 unspecified atom stereocenters. The molecule has 5 heteroatoms. The normalized spacial score (nSPS) is 9.14. The topological polar surface area (TPSA) is 72.2 Å². The van der Waals surface area contributed by atoms with Crippen molar-refractivity contribution in [2.75, 3.05) is 5.32 Å². The second-order valence-electron chi connectivity index (χ2n) is 2.40. The molecule has 1 N–H and O–H groups in total. The summed E-state index contributed by atoms with van der Waals surface area (Å²) in [4.78, 5) is 20.6. The quantitative estimate of drug-likeness (QED) is 0.447. The molecule has 0 heterocycles. The van der Waals surface area contributed by atoms with Gasteiger partial charge >= 0.3 is 0 Å². The molecule has 0 atom stereocenters. The first kappa shape index (κ1) is 9.91. The SMILES string of the molecule is C=CC(=O)Nc1[c]c([N+](=O)[O-])ccc1. The number of benzene rings is 1. The van der Waals surface area contributed by atoms with E-state index in [-0.39, 0.29) is 11.4 Å². The van der Waals surface area contributed by atoms with E-state index in [0.717, 1.165) is 6.08 Å². The van der Waals surface area contributed by atoms with Gasteiger partial charge in [0, 0.05) is 6.07 Å². The summed E-state index contributed by atoms with van der Waals surface area (Å²) in [6.45, 7) is 3.25. The van der Waals surface area contributed by atoms with E-state index >= 15 is 0 Å². The standard InChI is InChI=1S/C9H7N2O3/c1-2-9(12)10-7-4-3-5-8(6-7)11(13)14/h2-5H,1H2,(H,10,12). The average molecular weight is 191 g/mol. The summed E-state index contributed by atoms with van der Waals surface area (Å²) in [7, 11) is 0. The van der Waals surface area contributed by atoms with Crippen LogP contribution < -0.4 is 5.32 Å². The van der Waals surface area contributed by atoms with Gasteiger partial charge in [0.15, 0.2) is 0 Å². The molecule has 0 saturated heterocycles. The van der Waals surface area contributed by atoms with E-state index in [1.165, 1.54) is 18.2 Å².